The Morgan fingerprint density at radius 2 is 1.77 bits per heavy atom. The van der Waals surface area contributed by atoms with Gasteiger partial charge in [-0.25, -0.2) is 0 Å². The lowest BCUT2D eigenvalue weighted by Gasteiger charge is -2.06. The van der Waals surface area contributed by atoms with E-state index >= 15 is 0 Å². The van der Waals surface area contributed by atoms with Crippen LogP contribution in [0.5, 0.6) is 5.75 Å². The van der Waals surface area contributed by atoms with Gasteiger partial charge < -0.3 is 10.2 Å². The summed E-state index contributed by atoms with van der Waals surface area (Å²) in [5.74, 6) is 0.870. The Kier molecular flexibility index (Phi) is 6.56. The van der Waals surface area contributed by atoms with E-state index in [9.17, 15) is 0 Å². The molecule has 0 aliphatic rings. The molecule has 0 aliphatic heterocycles. The Bertz CT molecular complexity index is 607. The average molecular weight is 337 g/mol. The summed E-state index contributed by atoms with van der Waals surface area (Å²) in [6.45, 7) is 3.29. The van der Waals surface area contributed by atoms with Gasteiger partial charge in [-0.15, -0.1) is 0 Å². The van der Waals surface area contributed by atoms with E-state index in [1.165, 1.54) is 0 Å². The van der Waals surface area contributed by atoms with Crippen LogP contribution in [0.2, 0.25) is 10.0 Å². The van der Waals surface area contributed by atoms with Gasteiger partial charge in [0, 0.05) is 15.6 Å². The van der Waals surface area contributed by atoms with Crippen molar-refractivity contribution in [2.24, 2.45) is 5.10 Å². The summed E-state index contributed by atoms with van der Waals surface area (Å²) < 4.78 is 5.53. The van der Waals surface area contributed by atoms with E-state index < -0.39 is 0 Å². The van der Waals surface area contributed by atoms with Crippen molar-refractivity contribution >= 4 is 29.4 Å². The van der Waals surface area contributed by atoms with Crippen molar-refractivity contribution in [3.63, 3.8) is 0 Å². The summed E-state index contributed by atoms with van der Waals surface area (Å²) in [6.07, 6.45) is 2.74. The second-order valence-corrected chi connectivity index (χ2v) is 5.53. The molecule has 0 aromatic heterocycles. The second kappa shape index (κ2) is 8.66. The third-order valence-electron chi connectivity index (χ3n) is 2.98. The number of hydrazone groups is 1. The zero-order valence-electron chi connectivity index (χ0n) is 12.4. The Hall–Kier alpha value is -1.71. The van der Waals surface area contributed by atoms with Gasteiger partial charge in [0.1, 0.15) is 5.75 Å². The molecule has 1 N–H and O–H groups in total. The van der Waals surface area contributed by atoms with Gasteiger partial charge >= 0.3 is 0 Å². The topological polar surface area (TPSA) is 33.6 Å². The van der Waals surface area contributed by atoms with Crippen LogP contribution in [0.25, 0.3) is 0 Å². The van der Waals surface area contributed by atoms with Gasteiger partial charge in [-0.05, 0) is 48.4 Å². The van der Waals surface area contributed by atoms with Gasteiger partial charge in [0.25, 0.3) is 0 Å². The molecule has 5 heteroatoms. The van der Waals surface area contributed by atoms with Crippen molar-refractivity contribution in [3.05, 3.63) is 63.6 Å². The van der Waals surface area contributed by atoms with Crippen molar-refractivity contribution in [2.45, 2.75) is 19.9 Å². The number of ether oxygens (including phenoxy) is 1. The summed E-state index contributed by atoms with van der Waals surface area (Å²) in [5.41, 5.74) is 4.78. The summed E-state index contributed by atoms with van der Waals surface area (Å²) in [4.78, 5) is 0. The first-order chi connectivity index (χ1) is 10.7. The number of hydrogen-bond donors (Lipinski definition) is 1. The minimum Gasteiger partial charge on any atom is -0.494 e. The first-order valence-electron chi connectivity index (χ1n) is 7.12. The third kappa shape index (κ3) is 4.93. The minimum atomic E-state index is 0.479. The SMILES string of the molecule is CCCOc1ccc(/C=N\NCc2c(Cl)cccc2Cl)cc1. The summed E-state index contributed by atoms with van der Waals surface area (Å²) >= 11 is 12.2. The highest BCUT2D eigenvalue weighted by Gasteiger charge is 2.03. The largest absolute Gasteiger partial charge is 0.494 e. The molecule has 0 radical (unpaired) electrons. The van der Waals surface area contributed by atoms with Crippen molar-refractivity contribution < 1.29 is 4.74 Å². The molecule has 2 rings (SSSR count). The van der Waals surface area contributed by atoms with Gasteiger partial charge in [-0.3, -0.25) is 0 Å². The smallest absolute Gasteiger partial charge is 0.119 e. The Morgan fingerprint density at radius 3 is 2.41 bits per heavy atom. The lowest BCUT2D eigenvalue weighted by atomic mass is 10.2. The van der Waals surface area contributed by atoms with Crippen LogP contribution < -0.4 is 10.2 Å². The molecule has 2 aromatic rings. The Morgan fingerprint density at radius 1 is 1.09 bits per heavy atom. The number of benzene rings is 2. The highest BCUT2D eigenvalue weighted by atomic mass is 35.5. The predicted octanol–water partition coefficient (Wildman–Crippen LogP) is 4.91. The van der Waals surface area contributed by atoms with E-state index in [4.69, 9.17) is 27.9 Å². The normalized spacial score (nSPS) is 10.9. The Labute approximate surface area is 140 Å². The molecule has 0 bridgehead atoms. The molecule has 0 saturated heterocycles. The summed E-state index contributed by atoms with van der Waals surface area (Å²) in [5, 5.41) is 5.44. The fourth-order valence-electron chi connectivity index (χ4n) is 1.82. The third-order valence-corrected chi connectivity index (χ3v) is 3.68. The maximum Gasteiger partial charge on any atom is 0.119 e. The van der Waals surface area contributed by atoms with Crippen LogP contribution in [0.4, 0.5) is 0 Å². The fraction of sp³-hybridized carbons (Fsp3) is 0.235. The molecule has 0 atom stereocenters. The van der Waals surface area contributed by atoms with Crippen molar-refractivity contribution in [2.75, 3.05) is 6.61 Å². The zero-order chi connectivity index (χ0) is 15.8. The van der Waals surface area contributed by atoms with E-state index in [1.54, 1.807) is 6.21 Å². The molecule has 0 amide bonds. The van der Waals surface area contributed by atoms with E-state index in [0.29, 0.717) is 16.6 Å². The number of hydrogen-bond acceptors (Lipinski definition) is 3. The molecule has 3 nitrogen and oxygen atoms in total. The molecule has 0 heterocycles. The summed E-state index contributed by atoms with van der Waals surface area (Å²) in [6, 6.07) is 13.2. The first-order valence-corrected chi connectivity index (χ1v) is 7.88. The second-order valence-electron chi connectivity index (χ2n) is 4.71. The molecule has 116 valence electrons. The monoisotopic (exact) mass is 336 g/mol. The summed E-state index contributed by atoms with van der Waals surface area (Å²) in [7, 11) is 0. The highest BCUT2D eigenvalue weighted by Crippen LogP contribution is 2.23. The fourth-order valence-corrected chi connectivity index (χ4v) is 2.35. The van der Waals surface area contributed by atoms with E-state index in [2.05, 4.69) is 17.5 Å². The Balaban J connectivity index is 1.87. The number of halogens is 2. The van der Waals surface area contributed by atoms with Crippen molar-refractivity contribution in [1.82, 2.24) is 5.43 Å². The van der Waals surface area contributed by atoms with Crippen LogP contribution in [0.1, 0.15) is 24.5 Å². The van der Waals surface area contributed by atoms with Crippen LogP contribution in [0.3, 0.4) is 0 Å². The van der Waals surface area contributed by atoms with Crippen LogP contribution in [0, 0.1) is 0 Å². The molecule has 0 fully saturated rings. The number of nitrogens with one attached hydrogen (secondary N) is 1. The molecule has 2 aromatic carbocycles. The van der Waals surface area contributed by atoms with Gasteiger partial charge in [-0.1, -0.05) is 36.2 Å². The maximum atomic E-state index is 6.09. The van der Waals surface area contributed by atoms with Gasteiger partial charge in [0.05, 0.1) is 19.4 Å². The standard InChI is InChI=1S/C17H18Cl2N2O/c1-2-10-22-14-8-6-13(7-9-14)11-20-21-12-15-16(18)4-3-5-17(15)19/h3-9,11,21H,2,10,12H2,1H3/b20-11-. The number of rotatable bonds is 7. The first kappa shape index (κ1) is 16.7. The van der Waals surface area contributed by atoms with Crippen LogP contribution in [-0.2, 0) is 6.54 Å². The van der Waals surface area contributed by atoms with Gasteiger partial charge in [0.2, 0.25) is 0 Å². The molecule has 0 saturated carbocycles. The minimum absolute atomic E-state index is 0.479. The van der Waals surface area contributed by atoms with Crippen LogP contribution >= 0.6 is 23.2 Å². The van der Waals surface area contributed by atoms with Crippen LogP contribution in [0.15, 0.2) is 47.6 Å². The average Bonchev–Trinajstić information content (AvgIpc) is 2.53. The lowest BCUT2D eigenvalue weighted by Crippen LogP contribution is -2.06. The zero-order valence-corrected chi connectivity index (χ0v) is 13.9. The van der Waals surface area contributed by atoms with E-state index in [-0.39, 0.29) is 0 Å². The molecule has 0 aliphatic carbocycles. The molecule has 0 spiro atoms. The maximum absolute atomic E-state index is 6.09. The van der Waals surface area contributed by atoms with Crippen molar-refractivity contribution in [1.29, 1.82) is 0 Å². The molecular formula is C17H18Cl2N2O. The molecule has 22 heavy (non-hydrogen) atoms. The number of nitrogens with zero attached hydrogens (tertiary/aromatic N) is 1. The van der Waals surface area contributed by atoms with E-state index in [1.807, 2.05) is 42.5 Å². The highest BCUT2D eigenvalue weighted by molar-refractivity contribution is 6.35. The molecule has 0 unspecified atom stereocenters. The van der Waals surface area contributed by atoms with Gasteiger partial charge in [-0.2, -0.15) is 5.10 Å². The lowest BCUT2D eigenvalue weighted by molar-refractivity contribution is 0.317. The van der Waals surface area contributed by atoms with Crippen LogP contribution in [-0.4, -0.2) is 12.8 Å². The molecular weight excluding hydrogens is 319 g/mol. The quantitative estimate of drug-likeness (QED) is 0.575. The van der Waals surface area contributed by atoms with Crippen molar-refractivity contribution in [3.8, 4) is 5.75 Å². The van der Waals surface area contributed by atoms with Gasteiger partial charge in [0.15, 0.2) is 0 Å². The predicted molar refractivity (Wildman–Crippen MR) is 93.1 cm³/mol. The van der Waals surface area contributed by atoms with E-state index in [0.717, 1.165) is 29.9 Å².